The molecule has 0 aliphatic heterocycles. The van der Waals surface area contributed by atoms with Crippen molar-refractivity contribution in [1.29, 1.82) is 0 Å². The Morgan fingerprint density at radius 1 is 1.45 bits per heavy atom. The maximum Gasteiger partial charge on any atom is 0.272 e. The van der Waals surface area contributed by atoms with Gasteiger partial charge in [-0.05, 0) is 19.1 Å². The van der Waals surface area contributed by atoms with Gasteiger partial charge in [-0.1, -0.05) is 11.6 Å². The first-order valence-electron chi connectivity index (χ1n) is 6.21. The van der Waals surface area contributed by atoms with Crippen molar-refractivity contribution in [2.75, 3.05) is 0 Å². The fourth-order valence-electron chi connectivity index (χ4n) is 2.01. The number of nitrogens with one attached hydrogen (secondary N) is 2. The van der Waals surface area contributed by atoms with Gasteiger partial charge in [0.1, 0.15) is 6.33 Å². The Hall–Kier alpha value is -2.70. The molecule has 0 aliphatic carbocycles. The minimum Gasteiger partial charge on any atom is -0.343 e. The van der Waals surface area contributed by atoms with E-state index >= 15 is 0 Å². The van der Waals surface area contributed by atoms with Crippen LogP contribution in [0.1, 0.15) is 21.9 Å². The molecule has 0 fully saturated rings. The summed E-state index contributed by atoms with van der Waals surface area (Å²) in [5.41, 5.74) is 2.33. The van der Waals surface area contributed by atoms with Crippen LogP contribution in [0, 0.1) is 6.92 Å². The van der Waals surface area contributed by atoms with Crippen LogP contribution in [0.5, 0.6) is 0 Å². The molecule has 2 N–H and O–H groups in total. The van der Waals surface area contributed by atoms with Crippen molar-refractivity contribution < 1.29 is 4.79 Å². The lowest BCUT2D eigenvalue weighted by atomic mass is 10.1. The number of hydrogen-bond donors (Lipinski definition) is 2. The van der Waals surface area contributed by atoms with Crippen LogP contribution < -0.4 is 5.32 Å². The van der Waals surface area contributed by atoms with E-state index in [1.807, 2.05) is 32.2 Å². The van der Waals surface area contributed by atoms with Gasteiger partial charge in [-0.2, -0.15) is 5.10 Å². The zero-order chi connectivity index (χ0) is 14.1. The normalized spacial score (nSPS) is 10.9. The molecular weight excluding hydrogens is 256 g/mol. The molecule has 3 aromatic rings. The highest BCUT2D eigenvalue weighted by atomic mass is 16.1. The van der Waals surface area contributed by atoms with Crippen molar-refractivity contribution in [3.63, 3.8) is 0 Å². The third-order valence-electron chi connectivity index (χ3n) is 3.15. The Morgan fingerprint density at radius 2 is 2.30 bits per heavy atom. The van der Waals surface area contributed by atoms with E-state index in [2.05, 4.69) is 25.7 Å². The largest absolute Gasteiger partial charge is 0.343 e. The highest BCUT2D eigenvalue weighted by Gasteiger charge is 2.14. The first-order chi connectivity index (χ1) is 9.65. The molecule has 1 amide bonds. The van der Waals surface area contributed by atoms with Crippen LogP contribution in [0.25, 0.3) is 10.9 Å². The van der Waals surface area contributed by atoms with Gasteiger partial charge in [-0.3, -0.25) is 9.89 Å². The summed E-state index contributed by atoms with van der Waals surface area (Å²) >= 11 is 0. The van der Waals surface area contributed by atoms with E-state index in [0.29, 0.717) is 18.1 Å². The van der Waals surface area contributed by atoms with Gasteiger partial charge in [0.15, 0.2) is 11.5 Å². The number of amides is 1. The number of aromatic amines is 1. The molecule has 0 spiro atoms. The number of carbonyl (C=O) groups excluding carboxylic acids is 1. The Labute approximate surface area is 115 Å². The van der Waals surface area contributed by atoms with E-state index in [1.54, 1.807) is 10.9 Å². The molecule has 20 heavy (non-hydrogen) atoms. The number of carbonyl (C=O) groups is 1. The highest BCUT2D eigenvalue weighted by Crippen LogP contribution is 2.17. The smallest absolute Gasteiger partial charge is 0.272 e. The van der Waals surface area contributed by atoms with Crippen molar-refractivity contribution in [2.24, 2.45) is 7.05 Å². The Morgan fingerprint density at radius 3 is 3.05 bits per heavy atom. The van der Waals surface area contributed by atoms with Gasteiger partial charge in [0.2, 0.25) is 0 Å². The Balaban J connectivity index is 1.82. The van der Waals surface area contributed by atoms with Crippen molar-refractivity contribution in [3.05, 3.63) is 41.6 Å². The van der Waals surface area contributed by atoms with Gasteiger partial charge < -0.3 is 9.88 Å². The average molecular weight is 270 g/mol. The Kier molecular flexibility index (Phi) is 2.94. The zero-order valence-corrected chi connectivity index (χ0v) is 11.2. The maximum atomic E-state index is 12.2. The van der Waals surface area contributed by atoms with Crippen LogP contribution in [0.4, 0.5) is 0 Å². The molecule has 0 aliphatic rings. The Bertz CT molecular complexity index is 772. The average Bonchev–Trinajstić information content (AvgIpc) is 3.02. The molecule has 7 nitrogen and oxygen atoms in total. The predicted molar refractivity (Wildman–Crippen MR) is 73.0 cm³/mol. The first kappa shape index (κ1) is 12.3. The van der Waals surface area contributed by atoms with E-state index in [-0.39, 0.29) is 5.91 Å². The van der Waals surface area contributed by atoms with Crippen LogP contribution >= 0.6 is 0 Å². The molecule has 102 valence electrons. The number of benzene rings is 1. The molecule has 7 heteroatoms. The second-order valence-electron chi connectivity index (χ2n) is 4.66. The minimum absolute atomic E-state index is 0.232. The van der Waals surface area contributed by atoms with E-state index in [4.69, 9.17) is 0 Å². The van der Waals surface area contributed by atoms with E-state index in [1.165, 1.54) is 0 Å². The fourth-order valence-corrected chi connectivity index (χ4v) is 2.01. The first-order valence-corrected chi connectivity index (χ1v) is 6.21. The molecule has 2 aromatic heterocycles. The molecule has 3 rings (SSSR count). The predicted octanol–water partition coefficient (Wildman–Crippen LogP) is 0.930. The van der Waals surface area contributed by atoms with Crippen LogP contribution in [0.15, 0.2) is 24.5 Å². The van der Waals surface area contributed by atoms with Crippen LogP contribution in [-0.4, -0.2) is 30.9 Å². The van der Waals surface area contributed by atoms with Gasteiger partial charge in [0, 0.05) is 12.4 Å². The molecule has 0 unspecified atom stereocenters. The number of aryl methyl sites for hydroxylation is 2. The number of aromatic nitrogens is 5. The molecular formula is C13H14N6O. The summed E-state index contributed by atoms with van der Waals surface area (Å²) in [5, 5.41) is 18.2. The summed E-state index contributed by atoms with van der Waals surface area (Å²) in [6.45, 7) is 2.29. The molecule has 0 atom stereocenters. The van der Waals surface area contributed by atoms with Crippen molar-refractivity contribution in [3.8, 4) is 0 Å². The molecule has 0 bridgehead atoms. The van der Waals surface area contributed by atoms with Gasteiger partial charge in [0.05, 0.1) is 12.1 Å². The zero-order valence-electron chi connectivity index (χ0n) is 11.2. The fraction of sp³-hybridized carbons (Fsp3) is 0.231. The van der Waals surface area contributed by atoms with Gasteiger partial charge in [0.25, 0.3) is 5.91 Å². The summed E-state index contributed by atoms with van der Waals surface area (Å²) in [5.74, 6) is 0.458. The van der Waals surface area contributed by atoms with Crippen LogP contribution in [0.2, 0.25) is 0 Å². The third kappa shape index (κ3) is 2.13. The monoisotopic (exact) mass is 270 g/mol. The van der Waals surface area contributed by atoms with Gasteiger partial charge in [-0.15, -0.1) is 10.2 Å². The second kappa shape index (κ2) is 4.76. The maximum absolute atomic E-state index is 12.2. The number of nitrogens with zero attached hydrogens (tertiary/aromatic N) is 4. The summed E-state index contributed by atoms with van der Waals surface area (Å²) in [6.07, 6.45) is 1.59. The number of fused-ring (bicyclic) bond motifs is 1. The third-order valence-corrected chi connectivity index (χ3v) is 3.15. The summed E-state index contributed by atoms with van der Waals surface area (Å²) in [4.78, 5) is 12.2. The highest BCUT2D eigenvalue weighted by molar-refractivity contribution is 6.04. The van der Waals surface area contributed by atoms with E-state index < -0.39 is 0 Å². The summed E-state index contributed by atoms with van der Waals surface area (Å²) in [6, 6.07) is 5.83. The summed E-state index contributed by atoms with van der Waals surface area (Å²) < 4.78 is 1.76. The van der Waals surface area contributed by atoms with Crippen molar-refractivity contribution >= 4 is 16.8 Å². The van der Waals surface area contributed by atoms with E-state index in [9.17, 15) is 4.79 Å². The molecule has 0 saturated carbocycles. The molecule has 2 heterocycles. The topological polar surface area (TPSA) is 88.5 Å². The lowest BCUT2D eigenvalue weighted by Crippen LogP contribution is -2.24. The summed E-state index contributed by atoms with van der Waals surface area (Å²) in [7, 11) is 1.83. The van der Waals surface area contributed by atoms with Crippen molar-refractivity contribution in [2.45, 2.75) is 13.5 Å². The van der Waals surface area contributed by atoms with Crippen LogP contribution in [0.3, 0.4) is 0 Å². The molecule has 0 radical (unpaired) electrons. The number of rotatable bonds is 3. The lowest BCUT2D eigenvalue weighted by molar-refractivity contribution is 0.0946. The lowest BCUT2D eigenvalue weighted by Gasteiger charge is -2.03. The minimum atomic E-state index is -0.232. The van der Waals surface area contributed by atoms with Gasteiger partial charge >= 0.3 is 0 Å². The number of H-pyrrole nitrogens is 1. The van der Waals surface area contributed by atoms with E-state index in [0.717, 1.165) is 16.5 Å². The van der Waals surface area contributed by atoms with Gasteiger partial charge in [-0.25, -0.2) is 0 Å². The quantitative estimate of drug-likeness (QED) is 0.741. The SMILES string of the molecule is Cc1ccc2[nH]nc(C(=O)NCc3nncn3C)c2c1. The second-order valence-corrected chi connectivity index (χ2v) is 4.66. The van der Waals surface area contributed by atoms with Crippen LogP contribution in [-0.2, 0) is 13.6 Å². The molecule has 0 saturated heterocycles. The number of hydrogen-bond acceptors (Lipinski definition) is 4. The van der Waals surface area contributed by atoms with Crippen molar-refractivity contribution in [1.82, 2.24) is 30.3 Å². The molecule has 1 aromatic carbocycles. The standard InChI is InChI=1S/C13H14N6O/c1-8-3-4-10-9(5-8)12(18-16-10)13(20)14-6-11-17-15-7-19(11)2/h3-5,7H,6H2,1-2H3,(H,14,20)(H,16,18).